The fourth-order valence-corrected chi connectivity index (χ4v) is 1.98. The van der Waals surface area contributed by atoms with E-state index in [1.807, 2.05) is 17.5 Å². The normalized spacial score (nSPS) is 10.0. The van der Waals surface area contributed by atoms with E-state index >= 15 is 0 Å². The van der Waals surface area contributed by atoms with Gasteiger partial charge >= 0.3 is 0 Å². The molecule has 0 saturated carbocycles. The number of aromatic nitrogens is 1. The molecule has 0 fully saturated rings. The smallest absolute Gasteiger partial charge is 0.147 e. The van der Waals surface area contributed by atoms with Crippen LogP contribution >= 0.6 is 22.9 Å². The largest absolute Gasteiger partial charge is 0.242 e. The van der Waals surface area contributed by atoms with E-state index in [4.69, 9.17) is 16.9 Å². The molecule has 0 saturated heterocycles. The van der Waals surface area contributed by atoms with E-state index in [0.717, 1.165) is 10.1 Å². The molecule has 0 aliphatic heterocycles. The van der Waals surface area contributed by atoms with Crippen molar-refractivity contribution in [1.82, 2.24) is 4.98 Å². The molecule has 0 unspecified atom stereocenters. The molecule has 58 valence electrons. The van der Waals surface area contributed by atoms with Crippen LogP contribution in [0.2, 0.25) is 5.15 Å². The molecule has 0 atom stereocenters. The quantitative estimate of drug-likeness (QED) is 0.605. The van der Waals surface area contributed by atoms with Gasteiger partial charge in [0.25, 0.3) is 0 Å². The first-order valence-electron chi connectivity index (χ1n) is 3.24. The lowest BCUT2D eigenvalue weighted by Crippen LogP contribution is -1.81. The third kappa shape index (κ3) is 0.970. The minimum absolute atomic E-state index is 0.281. The zero-order valence-corrected chi connectivity index (χ0v) is 7.49. The van der Waals surface area contributed by atoms with Gasteiger partial charge in [-0.05, 0) is 11.4 Å². The Morgan fingerprint density at radius 1 is 1.58 bits per heavy atom. The number of hydrogen-bond donors (Lipinski definition) is 0. The monoisotopic (exact) mass is 194 g/mol. The van der Waals surface area contributed by atoms with Crippen LogP contribution in [0.25, 0.3) is 10.1 Å². The Labute approximate surface area is 78.0 Å². The highest BCUT2D eigenvalue weighted by molar-refractivity contribution is 7.17. The average Bonchev–Trinajstić information content (AvgIpc) is 2.52. The number of pyridine rings is 1. The summed E-state index contributed by atoms with van der Waals surface area (Å²) in [5.74, 6) is 0. The summed E-state index contributed by atoms with van der Waals surface area (Å²) < 4.78 is 0.996. The second-order valence-electron chi connectivity index (χ2n) is 2.23. The number of nitrogens with zero attached hydrogens (tertiary/aromatic N) is 2. The predicted molar refractivity (Wildman–Crippen MR) is 49.3 cm³/mol. The number of hydrogen-bond acceptors (Lipinski definition) is 3. The van der Waals surface area contributed by atoms with Crippen molar-refractivity contribution in [3.05, 3.63) is 28.4 Å². The van der Waals surface area contributed by atoms with Crippen LogP contribution in [0.5, 0.6) is 0 Å². The van der Waals surface area contributed by atoms with Gasteiger partial charge in [0.05, 0.1) is 10.3 Å². The van der Waals surface area contributed by atoms with Gasteiger partial charge < -0.3 is 0 Å². The van der Waals surface area contributed by atoms with E-state index in [1.165, 1.54) is 0 Å². The number of fused-ring (bicyclic) bond motifs is 1. The summed E-state index contributed by atoms with van der Waals surface area (Å²) in [7, 11) is 0. The molecule has 2 aromatic rings. The van der Waals surface area contributed by atoms with E-state index in [0.29, 0.717) is 5.56 Å². The first-order valence-corrected chi connectivity index (χ1v) is 4.50. The van der Waals surface area contributed by atoms with E-state index < -0.39 is 0 Å². The van der Waals surface area contributed by atoms with Crippen molar-refractivity contribution >= 4 is 33.0 Å². The summed E-state index contributed by atoms with van der Waals surface area (Å²) in [4.78, 5) is 3.90. The van der Waals surface area contributed by atoms with Crippen LogP contribution in [0, 0.1) is 11.3 Å². The van der Waals surface area contributed by atoms with Crippen molar-refractivity contribution in [2.45, 2.75) is 0 Å². The molecule has 2 aromatic heterocycles. The van der Waals surface area contributed by atoms with Crippen molar-refractivity contribution in [1.29, 1.82) is 5.26 Å². The first kappa shape index (κ1) is 7.53. The summed E-state index contributed by atoms with van der Waals surface area (Å²) in [6.45, 7) is 0. The van der Waals surface area contributed by atoms with Crippen molar-refractivity contribution < 1.29 is 0 Å². The van der Waals surface area contributed by atoms with Crippen molar-refractivity contribution in [3.63, 3.8) is 0 Å². The summed E-state index contributed by atoms with van der Waals surface area (Å²) in [5, 5.41) is 11.9. The second-order valence-corrected chi connectivity index (χ2v) is 3.54. The molecule has 0 N–H and O–H groups in total. The molecule has 0 aliphatic carbocycles. The number of halogens is 1. The van der Waals surface area contributed by atoms with Crippen LogP contribution in [0.4, 0.5) is 0 Å². The van der Waals surface area contributed by atoms with Crippen LogP contribution in [-0.2, 0) is 0 Å². The molecule has 2 nitrogen and oxygen atoms in total. The Bertz CT molecular complexity index is 469. The molecule has 0 radical (unpaired) electrons. The molecular formula is C8H3ClN2S. The molecule has 2 heterocycles. The molecule has 0 aromatic carbocycles. The maximum Gasteiger partial charge on any atom is 0.147 e. The van der Waals surface area contributed by atoms with Crippen LogP contribution < -0.4 is 0 Å². The molecule has 12 heavy (non-hydrogen) atoms. The highest BCUT2D eigenvalue weighted by atomic mass is 35.5. The Morgan fingerprint density at radius 2 is 2.42 bits per heavy atom. The lowest BCUT2D eigenvalue weighted by molar-refractivity contribution is 1.34. The van der Waals surface area contributed by atoms with E-state index in [-0.39, 0.29) is 5.15 Å². The molecular weight excluding hydrogens is 192 g/mol. The van der Waals surface area contributed by atoms with Gasteiger partial charge in [0.15, 0.2) is 0 Å². The molecule has 0 bridgehead atoms. The van der Waals surface area contributed by atoms with Gasteiger partial charge in [-0.25, -0.2) is 4.98 Å². The summed E-state index contributed by atoms with van der Waals surface area (Å²) in [5.41, 5.74) is 0.468. The molecule has 0 amide bonds. The highest BCUT2D eigenvalue weighted by Crippen LogP contribution is 2.26. The topological polar surface area (TPSA) is 36.7 Å². The molecule has 0 spiro atoms. The van der Waals surface area contributed by atoms with Gasteiger partial charge in [0.1, 0.15) is 11.2 Å². The summed E-state index contributed by atoms with van der Waals surface area (Å²) in [6, 6.07) is 3.92. The third-order valence-electron chi connectivity index (χ3n) is 1.58. The van der Waals surface area contributed by atoms with Gasteiger partial charge in [-0.3, -0.25) is 0 Å². The van der Waals surface area contributed by atoms with Gasteiger partial charge in [0, 0.05) is 11.6 Å². The summed E-state index contributed by atoms with van der Waals surface area (Å²) in [6.07, 6.45) is 1.68. The molecule has 0 aliphatic rings. The van der Waals surface area contributed by atoms with E-state index in [9.17, 15) is 0 Å². The zero-order chi connectivity index (χ0) is 8.55. The maximum atomic E-state index is 8.76. The van der Waals surface area contributed by atoms with Gasteiger partial charge in [-0.15, -0.1) is 11.3 Å². The predicted octanol–water partition coefficient (Wildman–Crippen LogP) is 2.82. The molecule has 2 rings (SSSR count). The van der Waals surface area contributed by atoms with Gasteiger partial charge in [-0.2, -0.15) is 5.26 Å². The number of thiophene rings is 1. The summed E-state index contributed by atoms with van der Waals surface area (Å²) >= 11 is 7.28. The minimum atomic E-state index is 0.281. The SMILES string of the molecule is N#Cc1c(Cl)ncc2sccc12. The van der Waals surface area contributed by atoms with Crippen LogP contribution in [-0.4, -0.2) is 4.98 Å². The standard InChI is InChI=1S/C8H3ClN2S/c9-8-6(3-10)5-1-2-12-7(5)4-11-8/h1-2,4H. The first-order chi connectivity index (χ1) is 5.83. The van der Waals surface area contributed by atoms with Crippen molar-refractivity contribution in [3.8, 4) is 6.07 Å². The fourth-order valence-electron chi connectivity index (χ4n) is 1.02. The molecule has 4 heteroatoms. The lowest BCUT2D eigenvalue weighted by Gasteiger charge is -1.93. The minimum Gasteiger partial charge on any atom is -0.242 e. The van der Waals surface area contributed by atoms with Crippen molar-refractivity contribution in [2.75, 3.05) is 0 Å². The Hall–Kier alpha value is -1.11. The Morgan fingerprint density at radius 3 is 3.17 bits per heavy atom. The average molecular weight is 195 g/mol. The van der Waals surface area contributed by atoms with E-state index in [1.54, 1.807) is 17.5 Å². The Kier molecular flexibility index (Phi) is 1.72. The fraction of sp³-hybridized carbons (Fsp3) is 0. The second kappa shape index (κ2) is 2.74. The van der Waals surface area contributed by atoms with Crippen LogP contribution in [0.15, 0.2) is 17.6 Å². The lowest BCUT2D eigenvalue weighted by atomic mass is 10.2. The maximum absolute atomic E-state index is 8.76. The van der Waals surface area contributed by atoms with E-state index in [2.05, 4.69) is 4.98 Å². The van der Waals surface area contributed by atoms with Gasteiger partial charge in [0.2, 0.25) is 0 Å². The van der Waals surface area contributed by atoms with Crippen molar-refractivity contribution in [2.24, 2.45) is 0 Å². The number of nitriles is 1. The van der Waals surface area contributed by atoms with Gasteiger partial charge in [-0.1, -0.05) is 11.6 Å². The third-order valence-corrected chi connectivity index (χ3v) is 2.72. The Balaban J connectivity index is 2.94. The van der Waals surface area contributed by atoms with Crippen LogP contribution in [0.1, 0.15) is 5.56 Å². The highest BCUT2D eigenvalue weighted by Gasteiger charge is 2.06. The number of rotatable bonds is 0. The van der Waals surface area contributed by atoms with Crippen LogP contribution in [0.3, 0.4) is 0 Å². The zero-order valence-electron chi connectivity index (χ0n) is 5.91.